The molecule has 0 aromatic heterocycles. The Morgan fingerprint density at radius 1 is 1.14 bits per heavy atom. The van der Waals surface area contributed by atoms with Gasteiger partial charge in [0, 0.05) is 27.6 Å². The van der Waals surface area contributed by atoms with Crippen LogP contribution >= 0.6 is 0 Å². The standard InChI is InChI=1S/C4H11Si.ClH.Zn/c1-5(2,3)4;;/h1H2,2-4H3;1H;/p-1. The summed E-state index contributed by atoms with van der Waals surface area (Å²) in [5.74, 6) is 0. The Morgan fingerprint density at radius 2 is 1.14 bits per heavy atom. The Balaban J connectivity index is -0.0000000800. The fourth-order valence-corrected chi connectivity index (χ4v) is 0. The maximum atomic E-state index is 3.91. The third kappa shape index (κ3) is 147. The van der Waals surface area contributed by atoms with Gasteiger partial charge < -0.3 is 12.4 Å². The van der Waals surface area contributed by atoms with Crippen LogP contribution in [0.5, 0.6) is 0 Å². The molecule has 0 saturated carbocycles. The molecule has 0 heterocycles. The van der Waals surface area contributed by atoms with Crippen LogP contribution in [0.3, 0.4) is 0 Å². The van der Waals surface area contributed by atoms with Crippen LogP contribution in [0, 0.1) is 6.55 Å². The van der Waals surface area contributed by atoms with Crippen LogP contribution < -0.4 is 12.4 Å². The fourth-order valence-electron chi connectivity index (χ4n) is 0. The molecule has 0 fully saturated rings. The van der Waals surface area contributed by atoms with Gasteiger partial charge in [-0.15, -0.1) is 0 Å². The summed E-state index contributed by atoms with van der Waals surface area (Å²) in [6, 6.07) is 0. The van der Waals surface area contributed by atoms with Gasteiger partial charge in [0.2, 0.25) is 0 Å². The molecule has 0 aliphatic carbocycles. The van der Waals surface area contributed by atoms with Crippen LogP contribution in [-0.4, -0.2) is 8.07 Å². The van der Waals surface area contributed by atoms with E-state index in [4.69, 9.17) is 0 Å². The molecular weight excluding hydrogens is 177 g/mol. The summed E-state index contributed by atoms with van der Waals surface area (Å²) in [4.78, 5) is 0. The van der Waals surface area contributed by atoms with E-state index < -0.39 is 8.07 Å². The molecule has 0 N–H and O–H groups in total. The summed E-state index contributed by atoms with van der Waals surface area (Å²) in [5.41, 5.74) is 0. The van der Waals surface area contributed by atoms with Crippen molar-refractivity contribution in [3.05, 3.63) is 6.55 Å². The minimum Gasteiger partial charge on any atom is -1.00 e. The average Bonchev–Trinajstić information content (AvgIpc) is 0.722. The Morgan fingerprint density at radius 3 is 1.14 bits per heavy atom. The van der Waals surface area contributed by atoms with Gasteiger partial charge in [0.25, 0.3) is 0 Å². The molecular formula is C4H11ClSiZn-. The van der Waals surface area contributed by atoms with Gasteiger partial charge in [-0.25, -0.2) is 0 Å². The molecule has 0 aliphatic heterocycles. The summed E-state index contributed by atoms with van der Waals surface area (Å²) in [5, 5.41) is 0. The molecule has 0 unspecified atom stereocenters. The van der Waals surface area contributed by atoms with E-state index >= 15 is 0 Å². The molecule has 0 saturated heterocycles. The summed E-state index contributed by atoms with van der Waals surface area (Å²) in [6.45, 7) is 10.6. The second kappa shape index (κ2) is 5.27. The average molecular weight is 188 g/mol. The molecule has 0 aliphatic rings. The van der Waals surface area contributed by atoms with Crippen LogP contribution in [0.2, 0.25) is 19.6 Å². The van der Waals surface area contributed by atoms with E-state index in [2.05, 4.69) is 26.2 Å². The van der Waals surface area contributed by atoms with Crippen LogP contribution in [0.4, 0.5) is 0 Å². The third-order valence-corrected chi connectivity index (χ3v) is 0. The molecule has 0 atom stereocenters. The van der Waals surface area contributed by atoms with E-state index in [1.54, 1.807) is 0 Å². The molecule has 3 heteroatoms. The first kappa shape index (κ1) is 15.7. The predicted octanol–water partition coefficient (Wildman–Crippen LogP) is -1.30. The molecule has 0 rings (SSSR count). The second-order valence-corrected chi connectivity index (χ2v) is 7.68. The van der Waals surface area contributed by atoms with Crippen molar-refractivity contribution in [3.63, 3.8) is 0 Å². The normalized spacial score (nSPS) is 8.57. The second-order valence-electron chi connectivity index (χ2n) is 2.56. The van der Waals surface area contributed by atoms with Crippen molar-refractivity contribution in [2.45, 2.75) is 19.6 Å². The topological polar surface area (TPSA) is 0 Å². The van der Waals surface area contributed by atoms with Crippen LogP contribution in [-0.2, 0) is 19.5 Å². The van der Waals surface area contributed by atoms with Crippen molar-refractivity contribution in [2.24, 2.45) is 0 Å². The monoisotopic (exact) mass is 186 g/mol. The number of rotatable bonds is 0. The SMILES string of the molecule is [CH2][Si](C)(C)C.[Cl-].[Zn]. The largest absolute Gasteiger partial charge is 1.00 e. The zero-order chi connectivity index (χ0) is 4.50. The van der Waals surface area contributed by atoms with Crippen molar-refractivity contribution in [1.82, 2.24) is 0 Å². The Kier molecular flexibility index (Phi) is 11.8. The minimum absolute atomic E-state index is 0. The molecule has 1 radical (unpaired) electrons. The minimum atomic E-state index is -0.861. The van der Waals surface area contributed by atoms with E-state index in [0.717, 1.165) is 0 Å². The Bertz CT molecular complexity index is 27.2. The van der Waals surface area contributed by atoms with Gasteiger partial charge in [0.05, 0.1) is 0 Å². The fraction of sp³-hybridized carbons (Fsp3) is 0.750. The third-order valence-electron chi connectivity index (χ3n) is 0. The van der Waals surface area contributed by atoms with E-state index in [0.29, 0.717) is 0 Å². The summed E-state index contributed by atoms with van der Waals surface area (Å²) in [6.07, 6.45) is 0. The summed E-state index contributed by atoms with van der Waals surface area (Å²) in [7, 11) is -0.861. The van der Waals surface area contributed by atoms with Crippen molar-refractivity contribution < 1.29 is 31.9 Å². The number of halogens is 1. The van der Waals surface area contributed by atoms with Crippen LogP contribution in [0.15, 0.2) is 0 Å². The molecule has 0 aromatic rings. The van der Waals surface area contributed by atoms with Gasteiger partial charge in [0.15, 0.2) is 0 Å². The van der Waals surface area contributed by atoms with Crippen molar-refractivity contribution in [2.75, 3.05) is 0 Å². The van der Waals surface area contributed by atoms with Gasteiger partial charge in [-0.1, -0.05) is 26.2 Å². The van der Waals surface area contributed by atoms with Crippen LogP contribution in [0.25, 0.3) is 0 Å². The molecule has 41 valence electrons. The molecule has 0 bridgehead atoms. The van der Waals surface area contributed by atoms with E-state index in [9.17, 15) is 0 Å². The Labute approximate surface area is 66.3 Å². The summed E-state index contributed by atoms with van der Waals surface area (Å²) >= 11 is 0. The first-order chi connectivity index (χ1) is 2.00. The quantitative estimate of drug-likeness (QED) is 0.414. The van der Waals surface area contributed by atoms with E-state index in [1.165, 1.54) is 0 Å². The van der Waals surface area contributed by atoms with Gasteiger partial charge in [0.1, 0.15) is 0 Å². The van der Waals surface area contributed by atoms with Crippen molar-refractivity contribution in [3.8, 4) is 0 Å². The zero-order valence-corrected chi connectivity index (χ0v) is 10.0. The van der Waals surface area contributed by atoms with Crippen LogP contribution in [0.1, 0.15) is 0 Å². The first-order valence-electron chi connectivity index (χ1n) is 1.85. The maximum Gasteiger partial charge on any atom is 0.0439 e. The van der Waals surface area contributed by atoms with E-state index in [-0.39, 0.29) is 31.9 Å². The van der Waals surface area contributed by atoms with E-state index in [1.807, 2.05) is 0 Å². The summed E-state index contributed by atoms with van der Waals surface area (Å²) < 4.78 is 0. The molecule has 0 nitrogen and oxygen atoms in total. The van der Waals surface area contributed by atoms with Crippen molar-refractivity contribution in [1.29, 1.82) is 0 Å². The Hall–Kier alpha value is 1.13. The molecule has 7 heavy (non-hydrogen) atoms. The predicted molar refractivity (Wildman–Crippen MR) is 28.7 cm³/mol. The zero-order valence-electron chi connectivity index (χ0n) is 5.29. The number of hydrogen-bond acceptors (Lipinski definition) is 0. The van der Waals surface area contributed by atoms with Gasteiger partial charge in [-0.2, -0.15) is 0 Å². The maximum absolute atomic E-state index is 3.91. The van der Waals surface area contributed by atoms with Gasteiger partial charge >= 0.3 is 0 Å². The number of hydrogen-bond donors (Lipinski definition) is 0. The van der Waals surface area contributed by atoms with Gasteiger partial charge in [-0.3, -0.25) is 0 Å². The smallest absolute Gasteiger partial charge is 0.0439 e. The first-order valence-corrected chi connectivity index (χ1v) is 5.56. The van der Waals surface area contributed by atoms with Gasteiger partial charge in [-0.05, 0) is 0 Å². The van der Waals surface area contributed by atoms with Crippen molar-refractivity contribution >= 4 is 8.07 Å². The molecule has 0 aromatic carbocycles. The molecule has 0 spiro atoms. The molecule has 0 amide bonds.